The van der Waals surface area contributed by atoms with Crippen LogP contribution in [-0.2, 0) is 14.3 Å². The lowest BCUT2D eigenvalue weighted by Gasteiger charge is -2.33. The van der Waals surface area contributed by atoms with E-state index in [0.717, 1.165) is 6.42 Å². The van der Waals surface area contributed by atoms with E-state index in [-0.39, 0.29) is 17.4 Å². The minimum atomic E-state index is -0.368. The summed E-state index contributed by atoms with van der Waals surface area (Å²) >= 11 is 0. The van der Waals surface area contributed by atoms with Crippen LogP contribution in [0.3, 0.4) is 0 Å². The highest BCUT2D eigenvalue weighted by molar-refractivity contribution is 5.97. The molecular weight excluding hydrogens is 284 g/mol. The number of hydrogen-bond donors (Lipinski definition) is 1. The quantitative estimate of drug-likeness (QED) is 0.409. The molecule has 22 heavy (non-hydrogen) atoms. The van der Waals surface area contributed by atoms with Crippen molar-refractivity contribution in [3.8, 4) is 6.07 Å². The van der Waals surface area contributed by atoms with Crippen molar-refractivity contribution in [2.75, 3.05) is 45.9 Å². The summed E-state index contributed by atoms with van der Waals surface area (Å²) in [4.78, 5) is 26.8. The lowest BCUT2D eigenvalue weighted by molar-refractivity contribution is -0.130. The molecule has 0 aromatic heterocycles. The molecule has 0 aliphatic carbocycles. The molecule has 0 radical (unpaired) electrons. The second-order valence-corrected chi connectivity index (χ2v) is 5.00. The first-order valence-electron chi connectivity index (χ1n) is 7.56. The van der Waals surface area contributed by atoms with Gasteiger partial charge in [-0.3, -0.25) is 9.59 Å². The predicted octanol–water partition coefficient (Wildman–Crippen LogP) is 0.101. The molecule has 122 valence electrons. The van der Waals surface area contributed by atoms with Crippen LogP contribution in [0.1, 0.15) is 20.3 Å². The lowest BCUT2D eigenvalue weighted by atomic mass is 10.2. The molecule has 2 amide bonds. The van der Waals surface area contributed by atoms with E-state index < -0.39 is 0 Å². The van der Waals surface area contributed by atoms with E-state index in [4.69, 9.17) is 10.00 Å². The van der Waals surface area contributed by atoms with Crippen molar-refractivity contribution in [3.63, 3.8) is 0 Å². The monoisotopic (exact) mass is 308 g/mol. The Morgan fingerprint density at radius 2 is 2.00 bits per heavy atom. The molecule has 0 aromatic carbocycles. The Bertz CT molecular complexity index is 448. The van der Waals surface area contributed by atoms with E-state index in [9.17, 15) is 9.59 Å². The molecule has 1 aliphatic rings. The third-order valence-corrected chi connectivity index (χ3v) is 3.39. The minimum Gasteiger partial charge on any atom is -0.382 e. The van der Waals surface area contributed by atoms with Crippen LogP contribution in [0.2, 0.25) is 0 Å². The van der Waals surface area contributed by atoms with Gasteiger partial charge in [0.05, 0.1) is 0 Å². The van der Waals surface area contributed by atoms with Gasteiger partial charge < -0.3 is 19.9 Å². The van der Waals surface area contributed by atoms with E-state index in [0.29, 0.717) is 45.9 Å². The number of amides is 2. The fraction of sp³-hybridized carbons (Fsp3) is 0.667. The summed E-state index contributed by atoms with van der Waals surface area (Å²) in [5, 5.41) is 11.8. The van der Waals surface area contributed by atoms with Crippen LogP contribution in [0.5, 0.6) is 0 Å². The smallest absolute Gasteiger partial charge is 0.263 e. The van der Waals surface area contributed by atoms with E-state index in [1.807, 2.05) is 17.9 Å². The zero-order valence-electron chi connectivity index (χ0n) is 13.3. The van der Waals surface area contributed by atoms with Gasteiger partial charge in [0.15, 0.2) is 0 Å². The van der Waals surface area contributed by atoms with Crippen LogP contribution >= 0.6 is 0 Å². The molecular formula is C15H24N4O3. The van der Waals surface area contributed by atoms with Crippen molar-refractivity contribution in [1.29, 1.82) is 5.26 Å². The maximum absolute atomic E-state index is 11.9. The summed E-state index contributed by atoms with van der Waals surface area (Å²) in [7, 11) is 0. The second-order valence-electron chi connectivity index (χ2n) is 5.00. The Hall–Kier alpha value is -2.07. The molecule has 1 heterocycles. The topological polar surface area (TPSA) is 85.7 Å². The van der Waals surface area contributed by atoms with Gasteiger partial charge in [-0.2, -0.15) is 5.26 Å². The number of rotatable bonds is 7. The first-order valence-corrected chi connectivity index (χ1v) is 7.56. The van der Waals surface area contributed by atoms with Gasteiger partial charge in [0.25, 0.3) is 5.91 Å². The standard InChI is InChI=1S/C15H24N4O3/c1-3-22-10-4-5-17-15(21)14(11-16)12-18-6-8-19(9-7-18)13(2)20/h12H,3-10H2,1-2H3,(H,17,21)/b14-12-. The molecule has 0 saturated carbocycles. The van der Waals surface area contributed by atoms with Gasteiger partial charge >= 0.3 is 0 Å². The number of nitrogens with zero attached hydrogens (tertiary/aromatic N) is 3. The van der Waals surface area contributed by atoms with Gasteiger partial charge in [-0.1, -0.05) is 0 Å². The fourth-order valence-electron chi connectivity index (χ4n) is 2.10. The van der Waals surface area contributed by atoms with Gasteiger partial charge in [-0.25, -0.2) is 0 Å². The average molecular weight is 308 g/mol. The summed E-state index contributed by atoms with van der Waals surface area (Å²) in [6.07, 6.45) is 2.30. The van der Waals surface area contributed by atoms with Crippen molar-refractivity contribution in [3.05, 3.63) is 11.8 Å². The van der Waals surface area contributed by atoms with Crippen molar-refractivity contribution in [1.82, 2.24) is 15.1 Å². The molecule has 7 nitrogen and oxygen atoms in total. The number of ether oxygens (including phenoxy) is 1. The molecule has 0 aromatic rings. The van der Waals surface area contributed by atoms with Gasteiger partial charge in [0.2, 0.25) is 5.91 Å². The van der Waals surface area contributed by atoms with Crippen molar-refractivity contribution < 1.29 is 14.3 Å². The number of piperazine rings is 1. The first-order chi connectivity index (χ1) is 10.6. The van der Waals surface area contributed by atoms with Gasteiger partial charge in [0, 0.05) is 59.1 Å². The van der Waals surface area contributed by atoms with Crippen LogP contribution in [0.4, 0.5) is 0 Å². The normalized spacial score (nSPS) is 15.4. The number of carbonyl (C=O) groups is 2. The molecule has 0 spiro atoms. The number of nitrogens with one attached hydrogen (secondary N) is 1. The highest BCUT2D eigenvalue weighted by Gasteiger charge is 2.18. The number of hydrogen-bond acceptors (Lipinski definition) is 5. The Kier molecular flexibility index (Phi) is 8.00. The highest BCUT2D eigenvalue weighted by atomic mass is 16.5. The summed E-state index contributed by atoms with van der Waals surface area (Å²) < 4.78 is 5.18. The van der Waals surface area contributed by atoms with Crippen LogP contribution in [0, 0.1) is 11.3 Å². The maximum atomic E-state index is 11.9. The van der Waals surface area contributed by atoms with E-state index in [1.165, 1.54) is 0 Å². The third-order valence-electron chi connectivity index (χ3n) is 3.39. The number of nitriles is 1. The SMILES string of the molecule is CCOCCCNC(=O)/C(C#N)=C\N1CCN(C(C)=O)CC1. The first kappa shape index (κ1) is 18.0. The largest absolute Gasteiger partial charge is 0.382 e. The van der Waals surface area contributed by atoms with E-state index in [1.54, 1.807) is 18.0 Å². The summed E-state index contributed by atoms with van der Waals surface area (Å²) in [6.45, 7) is 7.67. The third kappa shape index (κ3) is 6.14. The number of carbonyl (C=O) groups excluding carboxylic acids is 2. The Balaban J connectivity index is 2.41. The lowest BCUT2D eigenvalue weighted by Crippen LogP contribution is -2.46. The summed E-state index contributed by atoms with van der Waals surface area (Å²) in [5.74, 6) is -0.316. The zero-order valence-corrected chi connectivity index (χ0v) is 13.3. The Morgan fingerprint density at radius 3 is 2.55 bits per heavy atom. The van der Waals surface area contributed by atoms with Crippen LogP contribution in [-0.4, -0.2) is 67.6 Å². The van der Waals surface area contributed by atoms with Crippen molar-refractivity contribution in [2.45, 2.75) is 20.3 Å². The molecule has 0 bridgehead atoms. The molecule has 0 unspecified atom stereocenters. The Morgan fingerprint density at radius 1 is 1.32 bits per heavy atom. The second kappa shape index (κ2) is 9.79. The maximum Gasteiger partial charge on any atom is 0.263 e. The van der Waals surface area contributed by atoms with E-state index >= 15 is 0 Å². The molecule has 0 atom stereocenters. The molecule has 1 N–H and O–H groups in total. The fourth-order valence-corrected chi connectivity index (χ4v) is 2.10. The zero-order chi connectivity index (χ0) is 16.4. The molecule has 1 aliphatic heterocycles. The summed E-state index contributed by atoms with van der Waals surface area (Å²) in [5.41, 5.74) is 0.0904. The predicted molar refractivity (Wildman–Crippen MR) is 81.6 cm³/mol. The van der Waals surface area contributed by atoms with Crippen molar-refractivity contribution >= 4 is 11.8 Å². The molecule has 1 rings (SSSR count). The van der Waals surface area contributed by atoms with Gasteiger partial charge in [0.1, 0.15) is 11.6 Å². The van der Waals surface area contributed by atoms with E-state index in [2.05, 4.69) is 5.32 Å². The van der Waals surface area contributed by atoms with Gasteiger partial charge in [-0.15, -0.1) is 0 Å². The average Bonchev–Trinajstić information content (AvgIpc) is 2.52. The van der Waals surface area contributed by atoms with Crippen LogP contribution in [0.25, 0.3) is 0 Å². The highest BCUT2D eigenvalue weighted by Crippen LogP contribution is 2.05. The molecule has 7 heteroatoms. The Labute approximate surface area is 131 Å². The molecule has 1 saturated heterocycles. The van der Waals surface area contributed by atoms with Gasteiger partial charge in [-0.05, 0) is 13.3 Å². The van der Waals surface area contributed by atoms with Crippen LogP contribution in [0.15, 0.2) is 11.8 Å². The van der Waals surface area contributed by atoms with Crippen LogP contribution < -0.4 is 5.32 Å². The minimum absolute atomic E-state index is 0.0520. The van der Waals surface area contributed by atoms with Crippen molar-refractivity contribution in [2.24, 2.45) is 0 Å². The molecule has 1 fully saturated rings. The summed E-state index contributed by atoms with van der Waals surface area (Å²) in [6, 6.07) is 1.93.